The lowest BCUT2D eigenvalue weighted by Crippen LogP contribution is -2.53. The molecule has 1 aromatic heterocycles. The van der Waals surface area contributed by atoms with E-state index in [0.29, 0.717) is 31.6 Å². The van der Waals surface area contributed by atoms with E-state index in [-0.39, 0.29) is 25.2 Å². The highest BCUT2D eigenvalue weighted by Gasteiger charge is 2.33. The van der Waals surface area contributed by atoms with Crippen molar-refractivity contribution in [3.63, 3.8) is 0 Å². The summed E-state index contributed by atoms with van der Waals surface area (Å²) in [5.41, 5.74) is 23.4. The Labute approximate surface area is 436 Å². The number of carbonyl (C=O) groups is 7. The summed E-state index contributed by atoms with van der Waals surface area (Å²) in [7, 11) is 0. The maximum absolute atomic E-state index is 13.1. The summed E-state index contributed by atoms with van der Waals surface area (Å²) in [6.07, 6.45) is 1.63. The standard InChI is InChI=1S/C55H54N10O9S/c1-32-25-37-16-15-36-11-3-4-12-41(36)51(37)50(32)52-42-26-34(9-5-7-23-59-63-57)13-20-45(42)75-46-21-14-35(27-43(46)52)10-6-8-24-65-31-39(62-64-65)17-18-40(66)28-38(29-49(70)71)54(73)58-30-47(67)61-44(19-22-48(68)69)55(74)60-33(2)53(56)72/h3-4,11-16,20-21,26-27,31-33,38,44H,7-8,17-19,22-25,28-30H2,1-2H3,(H2,56,72)(H,58,73)(H,60,74)(H,61,67)(H,68,69)(H,70,71)/b52-50+/t32-,33+,38+,44+/m1/s1. The van der Waals surface area contributed by atoms with Crippen molar-refractivity contribution >= 4 is 75.0 Å². The number of nitrogens with zero attached hydrogens (tertiary/aromatic N) is 6. The van der Waals surface area contributed by atoms with E-state index in [9.17, 15) is 38.7 Å². The van der Waals surface area contributed by atoms with Gasteiger partial charge in [-0.25, -0.2) is 0 Å². The molecule has 0 saturated carbocycles. The van der Waals surface area contributed by atoms with Gasteiger partial charge in [0.05, 0.1) is 31.1 Å². The lowest BCUT2D eigenvalue weighted by atomic mass is 9.84. The Bertz CT molecular complexity index is 3300. The first-order valence-electron chi connectivity index (χ1n) is 24.3. The van der Waals surface area contributed by atoms with Crippen LogP contribution >= 0.6 is 11.8 Å². The van der Waals surface area contributed by atoms with Gasteiger partial charge in [-0.05, 0) is 118 Å². The number of amides is 4. The Hall–Kier alpha value is -8.71. The van der Waals surface area contributed by atoms with Crippen LogP contribution in [0.4, 0.5) is 0 Å². The Morgan fingerprint density at radius 3 is 2.28 bits per heavy atom. The molecule has 20 heteroatoms. The van der Waals surface area contributed by atoms with Gasteiger partial charge in [-0.1, -0.05) is 89.1 Å². The third kappa shape index (κ3) is 14.3. The second-order valence-corrected chi connectivity index (χ2v) is 19.3. The third-order valence-corrected chi connectivity index (χ3v) is 13.8. The smallest absolute Gasteiger partial charge is 0.304 e. The van der Waals surface area contributed by atoms with Crippen LogP contribution < -0.4 is 21.7 Å². The summed E-state index contributed by atoms with van der Waals surface area (Å²) in [6.45, 7) is 3.60. The van der Waals surface area contributed by atoms with Crippen LogP contribution in [-0.4, -0.2) is 91.7 Å². The molecule has 384 valence electrons. The maximum Gasteiger partial charge on any atom is 0.304 e. The molecule has 0 bridgehead atoms. The molecule has 4 atom stereocenters. The molecular weight excluding hydrogens is 977 g/mol. The van der Waals surface area contributed by atoms with Crippen LogP contribution in [0.2, 0.25) is 0 Å². The fourth-order valence-corrected chi connectivity index (χ4v) is 10.0. The molecule has 2 aliphatic rings. The van der Waals surface area contributed by atoms with Crippen molar-refractivity contribution < 1.29 is 43.8 Å². The number of benzene rings is 4. The molecule has 2 heterocycles. The van der Waals surface area contributed by atoms with Crippen LogP contribution in [0.3, 0.4) is 0 Å². The maximum atomic E-state index is 13.1. The highest BCUT2D eigenvalue weighted by atomic mass is 32.2. The normalized spacial score (nSPS) is 15.1. The highest BCUT2D eigenvalue weighted by molar-refractivity contribution is 7.99. The SMILES string of the molecule is C[C@H](NC(=O)[C@H](CCC(=O)O)NC(=O)CNC(=O)[C@H](CC(=O)O)CC(=O)CCc1cn(CCC#Cc2ccc3c(c2)/C(=C2/c4c(ccc5ccccc45)C[C@H]2C)c2cc(C#CCCN=[N+]=[N-])ccc2S3)nn1)C(N)=O. The number of carboxylic acids is 2. The topological polar surface area (TPSA) is 302 Å². The first kappa shape index (κ1) is 54.1. The summed E-state index contributed by atoms with van der Waals surface area (Å²) >= 11 is 1.72. The summed E-state index contributed by atoms with van der Waals surface area (Å²) in [5.74, 6) is 5.44. The van der Waals surface area contributed by atoms with Gasteiger partial charge in [0.15, 0.2) is 0 Å². The van der Waals surface area contributed by atoms with E-state index in [1.54, 1.807) is 22.6 Å². The number of nitrogens with one attached hydrogen (secondary N) is 3. The first-order chi connectivity index (χ1) is 36.1. The number of carboxylic acid groups (broad SMARTS) is 2. The molecule has 7 rings (SSSR count). The lowest BCUT2D eigenvalue weighted by molar-refractivity contribution is -0.142. The van der Waals surface area contributed by atoms with E-state index in [4.69, 9.17) is 16.4 Å². The Kier molecular flexibility index (Phi) is 18.2. The number of ketones is 1. The van der Waals surface area contributed by atoms with Crippen molar-refractivity contribution in [2.45, 2.75) is 100 Å². The van der Waals surface area contributed by atoms with Crippen LogP contribution in [0.5, 0.6) is 0 Å². The summed E-state index contributed by atoms with van der Waals surface area (Å²) in [6, 6.07) is 23.1. The average Bonchev–Trinajstić information content (AvgIpc) is 3.99. The highest BCUT2D eigenvalue weighted by Crippen LogP contribution is 2.53. The quantitative estimate of drug-likeness (QED) is 0.0160. The van der Waals surface area contributed by atoms with Crippen LogP contribution in [0.25, 0.3) is 32.4 Å². The van der Waals surface area contributed by atoms with Gasteiger partial charge in [-0.2, -0.15) is 0 Å². The van der Waals surface area contributed by atoms with Gasteiger partial charge in [0.1, 0.15) is 17.9 Å². The molecule has 0 spiro atoms. The molecular formula is C55H54N10O9S. The van der Waals surface area contributed by atoms with Crippen LogP contribution in [0, 0.1) is 35.5 Å². The molecule has 0 saturated heterocycles. The third-order valence-electron chi connectivity index (χ3n) is 12.6. The molecule has 0 fully saturated rings. The number of primary amides is 1. The largest absolute Gasteiger partial charge is 0.481 e. The van der Waals surface area contributed by atoms with Gasteiger partial charge in [0, 0.05) is 70.7 Å². The number of rotatable bonds is 21. The lowest BCUT2D eigenvalue weighted by Gasteiger charge is -2.26. The van der Waals surface area contributed by atoms with E-state index in [0.717, 1.165) is 38.5 Å². The monoisotopic (exact) mass is 1030 g/mol. The number of carbonyl (C=O) groups excluding carboxylic acids is 5. The minimum atomic E-state index is -1.39. The second kappa shape index (κ2) is 25.3. The Morgan fingerprint density at radius 2 is 1.60 bits per heavy atom. The number of hydrogen-bond acceptors (Lipinski definition) is 11. The molecule has 4 aromatic carbocycles. The van der Waals surface area contributed by atoms with Crippen LogP contribution in [0.15, 0.2) is 93.9 Å². The van der Waals surface area contributed by atoms with Gasteiger partial charge in [0.2, 0.25) is 23.6 Å². The molecule has 0 radical (unpaired) electrons. The number of aliphatic carboxylic acids is 2. The van der Waals surface area contributed by atoms with Crippen molar-refractivity contribution in [2.75, 3.05) is 13.1 Å². The predicted molar refractivity (Wildman–Crippen MR) is 279 cm³/mol. The fraction of sp³-hybridized carbons (Fsp3) is 0.327. The molecule has 19 nitrogen and oxygen atoms in total. The number of allylic oxidation sites excluding steroid dienone is 1. The van der Waals surface area contributed by atoms with E-state index in [1.165, 1.54) is 40.0 Å². The molecule has 5 aromatic rings. The summed E-state index contributed by atoms with van der Waals surface area (Å²) < 4.78 is 1.62. The number of azide groups is 1. The number of aromatic nitrogens is 3. The van der Waals surface area contributed by atoms with Gasteiger partial charge in [0.25, 0.3) is 0 Å². The molecule has 1 aliphatic heterocycles. The van der Waals surface area contributed by atoms with Crippen LogP contribution in [-0.2, 0) is 52.9 Å². The van der Waals surface area contributed by atoms with Crippen molar-refractivity contribution in [3.8, 4) is 23.7 Å². The summed E-state index contributed by atoms with van der Waals surface area (Å²) in [4.78, 5) is 90.7. The minimum Gasteiger partial charge on any atom is -0.481 e. The van der Waals surface area contributed by atoms with Gasteiger partial charge in [-0.3, -0.25) is 38.2 Å². The molecule has 75 heavy (non-hydrogen) atoms. The van der Waals surface area contributed by atoms with Gasteiger partial charge in [-0.15, -0.1) is 5.10 Å². The van der Waals surface area contributed by atoms with Crippen molar-refractivity contribution in [3.05, 3.63) is 129 Å². The molecule has 1 aliphatic carbocycles. The van der Waals surface area contributed by atoms with Gasteiger partial charge < -0.3 is 31.9 Å². The number of fused-ring (bicyclic) bond motifs is 5. The first-order valence-corrected chi connectivity index (χ1v) is 25.1. The van der Waals surface area contributed by atoms with E-state index in [2.05, 4.69) is 128 Å². The van der Waals surface area contributed by atoms with E-state index in [1.807, 2.05) is 12.1 Å². The Morgan fingerprint density at radius 1 is 0.893 bits per heavy atom. The van der Waals surface area contributed by atoms with Crippen molar-refractivity contribution in [1.82, 2.24) is 30.9 Å². The zero-order chi connectivity index (χ0) is 53.6. The fourth-order valence-electron chi connectivity index (χ4n) is 9.00. The van der Waals surface area contributed by atoms with E-state index >= 15 is 0 Å². The number of aryl methyl sites for hydroxylation is 2. The molecule has 0 unspecified atom stereocenters. The molecule has 4 amide bonds. The number of nitrogens with two attached hydrogens (primary N) is 1. The van der Waals surface area contributed by atoms with Crippen molar-refractivity contribution in [1.29, 1.82) is 0 Å². The molecule has 7 N–H and O–H groups in total. The number of hydrogen-bond donors (Lipinski definition) is 6. The zero-order valence-corrected chi connectivity index (χ0v) is 42.0. The van der Waals surface area contributed by atoms with Crippen LogP contribution in [0.1, 0.15) is 97.9 Å². The zero-order valence-electron chi connectivity index (χ0n) is 41.2. The second-order valence-electron chi connectivity index (χ2n) is 18.2. The van der Waals surface area contributed by atoms with E-state index < -0.39 is 85.2 Å². The average molecular weight is 1030 g/mol. The van der Waals surface area contributed by atoms with Gasteiger partial charge >= 0.3 is 11.9 Å². The summed E-state index contributed by atoms with van der Waals surface area (Å²) in [5, 5.41) is 39.8. The Balaban J connectivity index is 0.986. The minimum absolute atomic E-state index is 0.0696. The van der Waals surface area contributed by atoms with Crippen molar-refractivity contribution in [2.24, 2.45) is 22.7 Å². The number of Topliss-reactive ketones (excluding diaryl/α,β-unsaturated/α-hetero) is 1. The predicted octanol–water partition coefficient (Wildman–Crippen LogP) is 5.98.